The molecule has 1 aliphatic heterocycles. The van der Waals surface area contributed by atoms with Crippen molar-refractivity contribution < 1.29 is 23.8 Å². The minimum atomic E-state index is -0.215. The Morgan fingerprint density at radius 1 is 0.971 bits per heavy atom. The van der Waals surface area contributed by atoms with Crippen LogP contribution in [0.2, 0.25) is 0 Å². The van der Waals surface area contributed by atoms with Gasteiger partial charge in [0.15, 0.2) is 11.5 Å². The number of nitrogens with zero attached hydrogens (tertiary/aromatic N) is 1. The molecule has 0 unspecified atom stereocenters. The Morgan fingerprint density at radius 2 is 1.63 bits per heavy atom. The summed E-state index contributed by atoms with van der Waals surface area (Å²) in [5.74, 6) is 1.22. The van der Waals surface area contributed by atoms with Crippen LogP contribution in [0.5, 0.6) is 17.2 Å². The number of benzene rings is 3. The molecule has 0 saturated carbocycles. The Hall–Kier alpha value is -3.65. The molecule has 0 aromatic heterocycles. The molecule has 0 fully saturated rings. The third-order valence-electron chi connectivity index (χ3n) is 5.78. The zero-order valence-electron chi connectivity index (χ0n) is 19.9. The molecule has 0 bridgehead atoms. The van der Waals surface area contributed by atoms with Crippen molar-refractivity contribution in [3.63, 3.8) is 0 Å². The summed E-state index contributed by atoms with van der Waals surface area (Å²) in [5, 5.41) is 2.72. The van der Waals surface area contributed by atoms with E-state index in [9.17, 15) is 9.59 Å². The lowest BCUT2D eigenvalue weighted by Gasteiger charge is -2.22. The number of hydrogen-bond donors (Lipinski definition) is 1. The maximum absolute atomic E-state index is 13.4. The Morgan fingerprint density at radius 3 is 2.29 bits per heavy atom. The van der Waals surface area contributed by atoms with Crippen LogP contribution in [0.4, 0.5) is 5.69 Å². The molecule has 0 saturated heterocycles. The summed E-state index contributed by atoms with van der Waals surface area (Å²) in [6.45, 7) is 0.359. The van der Waals surface area contributed by atoms with Gasteiger partial charge < -0.3 is 24.4 Å². The number of methoxy groups -OCH3 is 3. The number of amides is 2. The molecule has 3 aromatic carbocycles. The van der Waals surface area contributed by atoms with E-state index in [-0.39, 0.29) is 30.0 Å². The number of thioether (sulfide) groups is 1. The highest BCUT2D eigenvalue weighted by atomic mass is 32.2. The van der Waals surface area contributed by atoms with E-state index in [2.05, 4.69) is 5.32 Å². The quantitative estimate of drug-likeness (QED) is 0.495. The SMILES string of the molecule is COc1cc([C@@H]2CC(=O)N(CC(=O)NCc3ccccc3)c3ccccc3S2)cc(OC)c1OC. The number of rotatable bonds is 8. The zero-order valence-corrected chi connectivity index (χ0v) is 20.8. The molecule has 0 spiro atoms. The number of ether oxygens (including phenoxy) is 3. The predicted octanol–water partition coefficient (Wildman–Crippen LogP) is 4.60. The molecule has 8 heteroatoms. The molecule has 1 heterocycles. The number of anilines is 1. The van der Waals surface area contributed by atoms with E-state index in [4.69, 9.17) is 14.2 Å². The molecule has 0 aliphatic carbocycles. The van der Waals surface area contributed by atoms with Gasteiger partial charge in [0.05, 0.1) is 27.0 Å². The lowest BCUT2D eigenvalue weighted by atomic mass is 10.1. The van der Waals surface area contributed by atoms with Crippen molar-refractivity contribution >= 4 is 29.3 Å². The van der Waals surface area contributed by atoms with Crippen LogP contribution in [0.15, 0.2) is 71.6 Å². The molecule has 3 aromatic rings. The second-order valence-electron chi connectivity index (χ2n) is 7.98. The number of hydrogen-bond acceptors (Lipinski definition) is 6. The van der Waals surface area contributed by atoms with Crippen LogP contribution in [0.3, 0.4) is 0 Å². The van der Waals surface area contributed by atoms with E-state index < -0.39 is 0 Å². The number of carbonyl (C=O) groups excluding carboxylic acids is 2. The Kier molecular flexibility index (Phi) is 7.82. The van der Waals surface area contributed by atoms with Crippen molar-refractivity contribution in [3.05, 3.63) is 77.9 Å². The second-order valence-corrected chi connectivity index (χ2v) is 9.22. The molecule has 35 heavy (non-hydrogen) atoms. The number of fused-ring (bicyclic) bond motifs is 1. The highest BCUT2D eigenvalue weighted by molar-refractivity contribution is 7.99. The van der Waals surface area contributed by atoms with Gasteiger partial charge in [-0.25, -0.2) is 0 Å². The lowest BCUT2D eigenvalue weighted by molar-refractivity contribution is -0.124. The fourth-order valence-electron chi connectivity index (χ4n) is 4.02. The fraction of sp³-hybridized carbons (Fsp3) is 0.259. The van der Waals surface area contributed by atoms with Crippen LogP contribution in [0.25, 0.3) is 0 Å². The van der Waals surface area contributed by atoms with Crippen molar-refractivity contribution in [2.45, 2.75) is 23.1 Å². The lowest BCUT2D eigenvalue weighted by Crippen LogP contribution is -2.40. The van der Waals surface area contributed by atoms with Crippen LogP contribution >= 0.6 is 11.8 Å². The molecule has 1 atom stereocenters. The Labute approximate surface area is 209 Å². The van der Waals surface area contributed by atoms with Gasteiger partial charge in [-0.3, -0.25) is 9.59 Å². The van der Waals surface area contributed by atoms with Gasteiger partial charge >= 0.3 is 0 Å². The molecule has 182 valence electrons. The van der Waals surface area contributed by atoms with E-state index >= 15 is 0 Å². The van der Waals surface area contributed by atoms with E-state index in [1.165, 1.54) is 0 Å². The summed E-state index contributed by atoms with van der Waals surface area (Å²) in [4.78, 5) is 28.7. The Bertz CT molecular complexity index is 1180. The topological polar surface area (TPSA) is 77.1 Å². The van der Waals surface area contributed by atoms with Crippen molar-refractivity contribution in [1.82, 2.24) is 5.32 Å². The summed E-state index contributed by atoms with van der Waals surface area (Å²) < 4.78 is 16.5. The molecule has 2 amide bonds. The van der Waals surface area contributed by atoms with Gasteiger partial charge in [-0.1, -0.05) is 42.5 Å². The van der Waals surface area contributed by atoms with Crippen LogP contribution in [-0.2, 0) is 16.1 Å². The first-order valence-corrected chi connectivity index (χ1v) is 12.1. The molecule has 0 radical (unpaired) electrons. The molecular weight excluding hydrogens is 464 g/mol. The average Bonchev–Trinajstić information content (AvgIpc) is 3.03. The highest BCUT2D eigenvalue weighted by Gasteiger charge is 2.31. The van der Waals surface area contributed by atoms with Gasteiger partial charge in [0.25, 0.3) is 0 Å². The minimum Gasteiger partial charge on any atom is -0.493 e. The molecule has 1 N–H and O–H groups in total. The summed E-state index contributed by atoms with van der Waals surface area (Å²) in [6, 6.07) is 21.1. The van der Waals surface area contributed by atoms with Gasteiger partial charge in [-0.15, -0.1) is 11.8 Å². The number of nitrogens with one attached hydrogen (secondary N) is 1. The molecule has 1 aliphatic rings. The largest absolute Gasteiger partial charge is 0.493 e. The van der Waals surface area contributed by atoms with Gasteiger partial charge in [0, 0.05) is 23.1 Å². The third-order valence-corrected chi connectivity index (χ3v) is 7.10. The normalized spacial score (nSPS) is 15.1. The maximum atomic E-state index is 13.4. The minimum absolute atomic E-state index is 0.0504. The van der Waals surface area contributed by atoms with E-state index in [0.29, 0.717) is 23.8 Å². The van der Waals surface area contributed by atoms with Crippen molar-refractivity contribution in [2.75, 3.05) is 32.8 Å². The predicted molar refractivity (Wildman–Crippen MR) is 136 cm³/mol. The van der Waals surface area contributed by atoms with Crippen LogP contribution < -0.4 is 24.4 Å². The van der Waals surface area contributed by atoms with Crippen LogP contribution in [-0.4, -0.2) is 39.7 Å². The van der Waals surface area contributed by atoms with Crippen molar-refractivity contribution in [1.29, 1.82) is 0 Å². The molecule has 7 nitrogen and oxygen atoms in total. The summed E-state index contributed by atoms with van der Waals surface area (Å²) in [5.41, 5.74) is 2.61. The van der Waals surface area contributed by atoms with E-state index in [0.717, 1.165) is 21.7 Å². The Balaban J connectivity index is 1.59. The average molecular weight is 493 g/mol. The standard InChI is InChI=1S/C27H28N2O5S/c1-32-21-13-19(14-22(33-2)27(21)34-3)24-15-26(31)29(20-11-7-8-12-23(20)35-24)17-25(30)28-16-18-9-5-4-6-10-18/h4-14,24H,15-17H2,1-3H3,(H,28,30)/t24-/m0/s1. The first-order valence-electron chi connectivity index (χ1n) is 11.2. The molecular formula is C27H28N2O5S. The highest BCUT2D eigenvalue weighted by Crippen LogP contribution is 2.48. The van der Waals surface area contributed by atoms with E-state index in [1.807, 2.05) is 66.7 Å². The van der Waals surface area contributed by atoms with Crippen molar-refractivity contribution in [3.8, 4) is 17.2 Å². The first-order chi connectivity index (χ1) is 17.0. The summed E-state index contributed by atoms with van der Waals surface area (Å²) in [7, 11) is 4.69. The summed E-state index contributed by atoms with van der Waals surface area (Å²) in [6.07, 6.45) is 0.212. The zero-order chi connectivity index (χ0) is 24.8. The van der Waals surface area contributed by atoms with Crippen molar-refractivity contribution in [2.24, 2.45) is 0 Å². The van der Waals surface area contributed by atoms with Crippen LogP contribution in [0, 0.1) is 0 Å². The fourth-order valence-corrected chi connectivity index (χ4v) is 5.28. The maximum Gasteiger partial charge on any atom is 0.240 e. The van der Waals surface area contributed by atoms with E-state index in [1.54, 1.807) is 38.0 Å². The smallest absolute Gasteiger partial charge is 0.240 e. The monoisotopic (exact) mass is 492 g/mol. The summed E-state index contributed by atoms with van der Waals surface area (Å²) >= 11 is 1.58. The second kappa shape index (κ2) is 11.2. The van der Waals surface area contributed by atoms with Gasteiger partial charge in [0.1, 0.15) is 6.54 Å². The molecule has 4 rings (SSSR count). The van der Waals surface area contributed by atoms with Gasteiger partial charge in [-0.2, -0.15) is 0 Å². The number of para-hydroxylation sites is 1. The third kappa shape index (κ3) is 5.54. The van der Waals surface area contributed by atoms with Crippen LogP contribution in [0.1, 0.15) is 22.8 Å². The van der Waals surface area contributed by atoms with Gasteiger partial charge in [0.2, 0.25) is 17.6 Å². The van der Waals surface area contributed by atoms with Gasteiger partial charge in [-0.05, 0) is 35.4 Å². The number of carbonyl (C=O) groups is 2. The first kappa shape index (κ1) is 24.5.